The number of hydrogen-bond donors (Lipinski definition) is 0. The molecular formula is C14H8Cl2N2O2. The van der Waals surface area contributed by atoms with Crippen LogP contribution in [0.15, 0.2) is 47.4 Å². The topological polar surface area (TPSA) is 48.0 Å². The largest absolute Gasteiger partial charge is 0.472 e. The van der Waals surface area contributed by atoms with Crippen LogP contribution in [0.3, 0.4) is 0 Å². The smallest absolute Gasteiger partial charge is 0.153 e. The zero-order chi connectivity index (χ0) is 14.1. The molecule has 1 aromatic carbocycles. The van der Waals surface area contributed by atoms with E-state index in [9.17, 15) is 4.79 Å². The average Bonchev–Trinajstić information content (AvgIpc) is 3.07. The quantitative estimate of drug-likeness (QED) is 0.680. The van der Waals surface area contributed by atoms with E-state index in [1.54, 1.807) is 35.1 Å². The zero-order valence-corrected chi connectivity index (χ0v) is 11.6. The Kier molecular flexibility index (Phi) is 3.34. The molecule has 0 saturated carbocycles. The molecule has 4 nitrogen and oxygen atoms in total. The van der Waals surface area contributed by atoms with Crippen LogP contribution in [0.25, 0.3) is 16.9 Å². The minimum absolute atomic E-state index is 0.455. The van der Waals surface area contributed by atoms with Crippen LogP contribution in [-0.4, -0.2) is 16.1 Å². The third kappa shape index (κ3) is 2.24. The van der Waals surface area contributed by atoms with Crippen molar-refractivity contribution in [1.29, 1.82) is 0 Å². The second kappa shape index (κ2) is 5.15. The van der Waals surface area contributed by atoms with Crippen LogP contribution in [0.2, 0.25) is 10.0 Å². The number of carbonyl (C=O) groups is 1. The molecular weight excluding hydrogens is 299 g/mol. The van der Waals surface area contributed by atoms with Gasteiger partial charge in [-0.25, -0.2) is 4.68 Å². The van der Waals surface area contributed by atoms with Crippen LogP contribution in [0.4, 0.5) is 0 Å². The fraction of sp³-hybridized carbons (Fsp3) is 0. The molecule has 0 aliphatic heterocycles. The first-order chi connectivity index (χ1) is 9.69. The van der Waals surface area contributed by atoms with Crippen LogP contribution in [0.5, 0.6) is 0 Å². The van der Waals surface area contributed by atoms with Crippen molar-refractivity contribution in [1.82, 2.24) is 9.78 Å². The Balaban J connectivity index is 2.14. The molecule has 0 unspecified atom stereocenters. The third-order valence-electron chi connectivity index (χ3n) is 2.82. The SMILES string of the molecule is O=Cc1cn(-c2ccc(Cl)cc2Cl)nc1-c1ccoc1. The molecule has 20 heavy (non-hydrogen) atoms. The lowest BCUT2D eigenvalue weighted by Crippen LogP contribution is -1.95. The summed E-state index contributed by atoms with van der Waals surface area (Å²) in [6.07, 6.45) is 5.42. The maximum absolute atomic E-state index is 11.2. The summed E-state index contributed by atoms with van der Waals surface area (Å²) in [4.78, 5) is 11.2. The summed E-state index contributed by atoms with van der Waals surface area (Å²) in [5.74, 6) is 0. The van der Waals surface area contributed by atoms with E-state index < -0.39 is 0 Å². The summed E-state index contributed by atoms with van der Waals surface area (Å²) in [5.41, 5.74) is 2.38. The molecule has 2 aromatic heterocycles. The van der Waals surface area contributed by atoms with Gasteiger partial charge in [0.25, 0.3) is 0 Å². The van der Waals surface area contributed by atoms with Gasteiger partial charge in [-0.15, -0.1) is 0 Å². The molecule has 100 valence electrons. The number of halogens is 2. The average molecular weight is 307 g/mol. The van der Waals surface area contributed by atoms with Crippen LogP contribution >= 0.6 is 23.2 Å². The van der Waals surface area contributed by atoms with Gasteiger partial charge in [-0.2, -0.15) is 5.10 Å². The fourth-order valence-corrected chi connectivity index (χ4v) is 2.38. The normalized spacial score (nSPS) is 10.7. The van der Waals surface area contributed by atoms with Gasteiger partial charge < -0.3 is 4.42 Å². The van der Waals surface area contributed by atoms with Gasteiger partial charge in [0.05, 0.1) is 28.8 Å². The molecule has 0 bridgehead atoms. The van der Waals surface area contributed by atoms with Crippen LogP contribution < -0.4 is 0 Å². The van der Waals surface area contributed by atoms with Gasteiger partial charge >= 0.3 is 0 Å². The number of carbonyl (C=O) groups excluding carboxylic acids is 1. The number of furan rings is 1. The number of nitrogens with zero attached hydrogens (tertiary/aromatic N) is 2. The second-order valence-corrected chi connectivity index (χ2v) is 4.95. The van der Waals surface area contributed by atoms with Crippen molar-refractivity contribution >= 4 is 29.5 Å². The van der Waals surface area contributed by atoms with Gasteiger partial charge in [-0.1, -0.05) is 23.2 Å². The van der Waals surface area contributed by atoms with E-state index in [0.717, 1.165) is 11.8 Å². The zero-order valence-electron chi connectivity index (χ0n) is 10.1. The highest BCUT2D eigenvalue weighted by Gasteiger charge is 2.14. The Morgan fingerprint density at radius 1 is 1.25 bits per heavy atom. The maximum atomic E-state index is 11.2. The number of aromatic nitrogens is 2. The van der Waals surface area contributed by atoms with Crippen LogP contribution in [-0.2, 0) is 0 Å². The predicted octanol–water partition coefficient (Wildman–Crippen LogP) is 4.25. The number of benzene rings is 1. The Morgan fingerprint density at radius 2 is 2.10 bits per heavy atom. The van der Waals surface area contributed by atoms with Crippen LogP contribution in [0, 0.1) is 0 Å². The first-order valence-electron chi connectivity index (χ1n) is 5.72. The molecule has 0 saturated heterocycles. The lowest BCUT2D eigenvalue weighted by atomic mass is 10.2. The van der Waals surface area contributed by atoms with Gasteiger partial charge in [0.15, 0.2) is 6.29 Å². The summed E-state index contributed by atoms with van der Waals surface area (Å²) >= 11 is 12.0. The van der Waals surface area contributed by atoms with Crippen molar-refractivity contribution in [2.24, 2.45) is 0 Å². The van der Waals surface area contributed by atoms with E-state index in [1.165, 1.54) is 12.5 Å². The highest BCUT2D eigenvalue weighted by Crippen LogP contribution is 2.27. The summed E-state index contributed by atoms with van der Waals surface area (Å²) in [6.45, 7) is 0. The van der Waals surface area contributed by atoms with Gasteiger partial charge in [-0.05, 0) is 24.3 Å². The van der Waals surface area contributed by atoms with Crippen molar-refractivity contribution < 1.29 is 9.21 Å². The van der Waals surface area contributed by atoms with E-state index in [-0.39, 0.29) is 0 Å². The van der Waals surface area contributed by atoms with E-state index in [1.807, 2.05) is 0 Å². The summed E-state index contributed by atoms with van der Waals surface area (Å²) in [5, 5.41) is 5.38. The lowest BCUT2D eigenvalue weighted by Gasteiger charge is -2.04. The van der Waals surface area contributed by atoms with Gasteiger partial charge in [0, 0.05) is 16.8 Å². The molecule has 0 spiro atoms. The Labute approximate surface area is 124 Å². The van der Waals surface area contributed by atoms with Gasteiger partial charge in [0.2, 0.25) is 0 Å². The number of aldehydes is 1. The monoisotopic (exact) mass is 306 g/mol. The second-order valence-electron chi connectivity index (χ2n) is 4.10. The predicted molar refractivity (Wildman–Crippen MR) is 76.7 cm³/mol. The molecule has 0 aliphatic rings. The summed E-state index contributed by atoms with van der Waals surface area (Å²) < 4.78 is 6.56. The third-order valence-corrected chi connectivity index (χ3v) is 3.36. The lowest BCUT2D eigenvalue weighted by molar-refractivity contribution is 0.112. The van der Waals surface area contributed by atoms with E-state index >= 15 is 0 Å². The Bertz CT molecular complexity index is 764. The molecule has 0 amide bonds. The molecule has 3 rings (SSSR count). The van der Waals surface area contributed by atoms with E-state index in [2.05, 4.69) is 5.10 Å². The molecule has 0 atom stereocenters. The van der Waals surface area contributed by atoms with Gasteiger partial charge in [-0.3, -0.25) is 4.79 Å². The minimum atomic E-state index is 0.455. The fourth-order valence-electron chi connectivity index (χ4n) is 1.89. The molecule has 0 N–H and O–H groups in total. The Morgan fingerprint density at radius 3 is 2.75 bits per heavy atom. The maximum Gasteiger partial charge on any atom is 0.153 e. The van der Waals surface area contributed by atoms with Crippen molar-refractivity contribution in [3.05, 3.63) is 58.6 Å². The molecule has 0 fully saturated rings. The Hall–Kier alpha value is -2.04. The van der Waals surface area contributed by atoms with Crippen molar-refractivity contribution in [3.8, 4) is 16.9 Å². The first kappa shape index (κ1) is 13.0. The molecule has 0 aliphatic carbocycles. The molecule has 0 radical (unpaired) electrons. The summed E-state index contributed by atoms with van der Waals surface area (Å²) in [7, 11) is 0. The minimum Gasteiger partial charge on any atom is -0.472 e. The van der Waals surface area contributed by atoms with Crippen molar-refractivity contribution in [2.45, 2.75) is 0 Å². The highest BCUT2D eigenvalue weighted by atomic mass is 35.5. The van der Waals surface area contributed by atoms with Crippen molar-refractivity contribution in [3.63, 3.8) is 0 Å². The van der Waals surface area contributed by atoms with E-state index in [0.29, 0.717) is 27.0 Å². The number of rotatable bonds is 3. The molecule has 3 aromatic rings. The summed E-state index contributed by atoms with van der Waals surface area (Å²) in [6, 6.07) is 6.81. The molecule has 6 heteroatoms. The first-order valence-corrected chi connectivity index (χ1v) is 6.47. The van der Waals surface area contributed by atoms with Crippen molar-refractivity contribution in [2.75, 3.05) is 0 Å². The van der Waals surface area contributed by atoms with E-state index in [4.69, 9.17) is 27.6 Å². The highest BCUT2D eigenvalue weighted by molar-refractivity contribution is 6.35. The number of hydrogen-bond acceptors (Lipinski definition) is 3. The molecule has 2 heterocycles. The standard InChI is InChI=1S/C14H8Cl2N2O2/c15-11-1-2-13(12(16)5-11)18-6-10(7-19)14(17-18)9-3-4-20-8-9/h1-8H. The van der Waals surface area contributed by atoms with Crippen LogP contribution in [0.1, 0.15) is 10.4 Å². The van der Waals surface area contributed by atoms with Gasteiger partial charge in [0.1, 0.15) is 5.69 Å².